The van der Waals surface area contributed by atoms with Crippen molar-refractivity contribution in [2.75, 3.05) is 39.3 Å². The summed E-state index contributed by atoms with van der Waals surface area (Å²) in [6, 6.07) is 0.744. The van der Waals surface area contributed by atoms with E-state index in [1.165, 1.54) is 32.4 Å². The summed E-state index contributed by atoms with van der Waals surface area (Å²) in [6.07, 6.45) is 4.65. The number of hydrogen-bond acceptors (Lipinski definition) is 4. The van der Waals surface area contributed by atoms with E-state index in [0.29, 0.717) is 29.8 Å². The monoisotopic (exact) mass is 390 g/mol. The molecule has 5 saturated heterocycles. The van der Waals surface area contributed by atoms with Crippen LogP contribution in [0.5, 0.6) is 0 Å². The Balaban J connectivity index is 1.17. The van der Waals surface area contributed by atoms with Gasteiger partial charge in [-0.25, -0.2) is 0 Å². The molecule has 28 heavy (non-hydrogen) atoms. The van der Waals surface area contributed by atoms with E-state index in [-0.39, 0.29) is 23.7 Å². The molecule has 1 aliphatic carbocycles. The first kappa shape index (κ1) is 20.1. The van der Waals surface area contributed by atoms with Crippen LogP contribution in [-0.4, -0.2) is 73.0 Å². The van der Waals surface area contributed by atoms with Crippen molar-refractivity contribution in [1.82, 2.24) is 20.4 Å². The first-order chi connectivity index (χ1) is 13.4. The number of carbonyl (C=O) groups is 2. The lowest BCUT2D eigenvalue weighted by atomic mass is 9.66. The Morgan fingerprint density at radius 1 is 0.929 bits per heavy atom. The molecule has 5 atom stereocenters. The maximum absolute atomic E-state index is 12.7. The van der Waals surface area contributed by atoms with Crippen molar-refractivity contribution in [2.45, 2.75) is 58.5 Å². The quantitative estimate of drug-likeness (QED) is 0.688. The second-order valence-corrected chi connectivity index (χ2v) is 10.1. The van der Waals surface area contributed by atoms with Crippen LogP contribution in [0.2, 0.25) is 0 Å². The molecule has 158 valence electrons. The molecular formula is C22H38N4O2. The lowest BCUT2D eigenvalue weighted by Gasteiger charge is -2.54. The molecule has 4 bridgehead atoms. The minimum absolute atomic E-state index is 0.0629. The molecule has 3 unspecified atom stereocenters. The fraction of sp³-hybridized carbons (Fsp3) is 0.909. The second kappa shape index (κ2) is 8.31. The highest BCUT2D eigenvalue weighted by Crippen LogP contribution is 2.40. The standard InChI is InChI=1S/C22H38N4O2/c1-14(2)21(27)24-20-17-10-18(20)12-26(11-17)7-4-15(3)22(28)23-19-13-25-8-5-16(19)6-9-25/h14-20H,4-13H2,1-3H3,(H,23,28)(H,24,27)/t15?,17-,18+,19?,20?. The van der Waals surface area contributed by atoms with E-state index in [1.54, 1.807) is 0 Å². The second-order valence-electron chi connectivity index (χ2n) is 10.1. The molecule has 6 nitrogen and oxygen atoms in total. The van der Waals surface area contributed by atoms with Crippen LogP contribution < -0.4 is 10.6 Å². The molecule has 5 aliphatic heterocycles. The van der Waals surface area contributed by atoms with E-state index in [9.17, 15) is 9.59 Å². The van der Waals surface area contributed by atoms with Crippen molar-refractivity contribution in [3.05, 3.63) is 0 Å². The maximum atomic E-state index is 12.7. The van der Waals surface area contributed by atoms with Gasteiger partial charge in [-0.3, -0.25) is 9.59 Å². The minimum atomic E-state index is 0.0629. The first-order valence-corrected chi connectivity index (χ1v) is 11.5. The number of piperidine rings is 5. The largest absolute Gasteiger partial charge is 0.352 e. The van der Waals surface area contributed by atoms with E-state index < -0.39 is 0 Å². The van der Waals surface area contributed by atoms with Gasteiger partial charge in [0.1, 0.15) is 0 Å². The number of rotatable bonds is 7. The van der Waals surface area contributed by atoms with Crippen molar-refractivity contribution < 1.29 is 9.59 Å². The lowest BCUT2D eigenvalue weighted by Crippen LogP contribution is -2.64. The molecule has 6 fully saturated rings. The van der Waals surface area contributed by atoms with Crippen molar-refractivity contribution in [1.29, 1.82) is 0 Å². The zero-order valence-corrected chi connectivity index (χ0v) is 17.8. The molecule has 6 heteroatoms. The maximum Gasteiger partial charge on any atom is 0.223 e. The summed E-state index contributed by atoms with van der Waals surface area (Å²) in [7, 11) is 0. The van der Waals surface area contributed by atoms with E-state index >= 15 is 0 Å². The van der Waals surface area contributed by atoms with E-state index in [2.05, 4.69) is 27.4 Å². The van der Waals surface area contributed by atoms with E-state index in [1.807, 2.05) is 13.8 Å². The minimum Gasteiger partial charge on any atom is -0.352 e. The Bertz CT molecular complexity index is 575. The van der Waals surface area contributed by atoms with Gasteiger partial charge in [-0.05, 0) is 63.1 Å². The highest BCUT2D eigenvalue weighted by Gasteiger charge is 2.47. The van der Waals surface area contributed by atoms with Crippen molar-refractivity contribution in [3.8, 4) is 0 Å². The van der Waals surface area contributed by atoms with Crippen LogP contribution in [0.1, 0.15) is 46.5 Å². The number of carbonyl (C=O) groups excluding carboxylic acids is 2. The van der Waals surface area contributed by atoms with E-state index in [4.69, 9.17) is 0 Å². The lowest BCUT2D eigenvalue weighted by molar-refractivity contribution is -0.130. The van der Waals surface area contributed by atoms with Gasteiger partial charge < -0.3 is 20.4 Å². The fourth-order valence-electron chi connectivity index (χ4n) is 5.70. The molecule has 0 aromatic rings. The number of fused-ring (bicyclic) bond motifs is 5. The van der Waals surface area contributed by atoms with Crippen LogP contribution in [0.3, 0.4) is 0 Å². The SMILES string of the molecule is CC(C)C(=O)NC1[C@@H]2C[C@H]1CN(CCC(C)C(=O)NC1CN3CCC1CC3)C2. The molecular weight excluding hydrogens is 352 g/mol. The summed E-state index contributed by atoms with van der Waals surface area (Å²) in [5.74, 6) is 2.44. The average Bonchev–Trinajstić information content (AvgIpc) is 2.70. The Morgan fingerprint density at radius 3 is 2.18 bits per heavy atom. The molecule has 0 radical (unpaired) electrons. The van der Waals surface area contributed by atoms with Crippen LogP contribution in [-0.2, 0) is 9.59 Å². The van der Waals surface area contributed by atoms with Gasteiger partial charge in [-0.1, -0.05) is 20.8 Å². The summed E-state index contributed by atoms with van der Waals surface area (Å²) in [4.78, 5) is 29.7. The van der Waals surface area contributed by atoms with Crippen molar-refractivity contribution >= 4 is 11.8 Å². The van der Waals surface area contributed by atoms with E-state index in [0.717, 1.165) is 32.6 Å². The summed E-state index contributed by atoms with van der Waals surface area (Å²) >= 11 is 0. The van der Waals surface area contributed by atoms with Crippen LogP contribution in [0.25, 0.3) is 0 Å². The Labute approximate surface area is 169 Å². The predicted molar refractivity (Wildman–Crippen MR) is 110 cm³/mol. The van der Waals surface area contributed by atoms with Crippen LogP contribution in [0, 0.1) is 29.6 Å². The average molecular weight is 391 g/mol. The molecule has 5 heterocycles. The Morgan fingerprint density at radius 2 is 1.61 bits per heavy atom. The van der Waals surface area contributed by atoms with Crippen molar-refractivity contribution in [2.24, 2.45) is 29.6 Å². The van der Waals surface area contributed by atoms with Crippen LogP contribution >= 0.6 is 0 Å². The molecule has 1 saturated carbocycles. The van der Waals surface area contributed by atoms with Gasteiger partial charge in [0.15, 0.2) is 0 Å². The molecule has 6 aliphatic rings. The highest BCUT2D eigenvalue weighted by molar-refractivity contribution is 5.79. The van der Waals surface area contributed by atoms with Crippen LogP contribution in [0.15, 0.2) is 0 Å². The number of nitrogens with zero attached hydrogens (tertiary/aromatic N) is 2. The zero-order valence-electron chi connectivity index (χ0n) is 17.8. The van der Waals surface area contributed by atoms with Crippen molar-refractivity contribution in [3.63, 3.8) is 0 Å². The molecule has 0 aromatic carbocycles. The predicted octanol–water partition coefficient (Wildman–Crippen LogP) is 1.32. The molecule has 6 rings (SSSR count). The number of amides is 2. The van der Waals surface area contributed by atoms with Gasteiger partial charge in [0.25, 0.3) is 0 Å². The Kier molecular flexibility index (Phi) is 5.98. The smallest absolute Gasteiger partial charge is 0.223 e. The third kappa shape index (κ3) is 4.23. The van der Waals surface area contributed by atoms with Gasteiger partial charge in [-0.15, -0.1) is 0 Å². The summed E-state index contributed by atoms with van der Waals surface area (Å²) in [5, 5.41) is 6.59. The van der Waals surface area contributed by atoms with Gasteiger partial charge in [0, 0.05) is 43.6 Å². The van der Waals surface area contributed by atoms with Gasteiger partial charge in [-0.2, -0.15) is 0 Å². The number of hydrogen-bond donors (Lipinski definition) is 2. The fourth-order valence-corrected chi connectivity index (χ4v) is 5.70. The zero-order chi connectivity index (χ0) is 19.8. The molecule has 0 aromatic heterocycles. The molecule has 2 amide bonds. The van der Waals surface area contributed by atoms with Gasteiger partial charge >= 0.3 is 0 Å². The molecule has 2 N–H and O–H groups in total. The normalized spacial score (nSPS) is 38.0. The number of nitrogens with one attached hydrogen (secondary N) is 2. The molecule has 0 spiro atoms. The van der Waals surface area contributed by atoms with Gasteiger partial charge in [0.2, 0.25) is 11.8 Å². The summed E-state index contributed by atoms with van der Waals surface area (Å²) in [5.41, 5.74) is 0. The first-order valence-electron chi connectivity index (χ1n) is 11.5. The van der Waals surface area contributed by atoms with Crippen LogP contribution in [0.4, 0.5) is 0 Å². The third-order valence-electron chi connectivity index (χ3n) is 7.75. The summed E-state index contributed by atoms with van der Waals surface area (Å²) < 4.78 is 0. The van der Waals surface area contributed by atoms with Gasteiger partial charge in [0.05, 0.1) is 0 Å². The Hall–Kier alpha value is -1.14. The summed E-state index contributed by atoms with van der Waals surface area (Å²) in [6.45, 7) is 12.6. The third-order valence-corrected chi connectivity index (χ3v) is 7.75. The highest BCUT2D eigenvalue weighted by atomic mass is 16.2. The topological polar surface area (TPSA) is 64.7 Å².